The van der Waals surface area contributed by atoms with E-state index in [-0.39, 0.29) is 23.8 Å². The standard InChI is InChI=1S/C15H30N2O3/c1-6-11-17(5)14(20)16-10-9-12(15(2,3)4)7-8-13(18)19/h12H,6-11H2,1-5H3,(H,16,20)(H,18,19). The van der Waals surface area contributed by atoms with Gasteiger partial charge in [-0.3, -0.25) is 4.79 Å². The van der Waals surface area contributed by atoms with Crippen LogP contribution < -0.4 is 5.32 Å². The van der Waals surface area contributed by atoms with Crippen molar-refractivity contribution in [3.05, 3.63) is 0 Å². The third-order valence-electron chi connectivity index (χ3n) is 3.61. The molecule has 0 aliphatic carbocycles. The predicted octanol–water partition coefficient (Wildman–Crippen LogP) is 2.96. The van der Waals surface area contributed by atoms with E-state index in [2.05, 4.69) is 26.1 Å². The summed E-state index contributed by atoms with van der Waals surface area (Å²) in [7, 11) is 1.78. The number of hydrogen-bond acceptors (Lipinski definition) is 2. The van der Waals surface area contributed by atoms with Crippen LogP contribution in [-0.4, -0.2) is 42.1 Å². The van der Waals surface area contributed by atoms with Crippen molar-refractivity contribution in [1.82, 2.24) is 10.2 Å². The Balaban J connectivity index is 4.20. The Morgan fingerprint density at radius 2 is 1.85 bits per heavy atom. The molecule has 0 saturated heterocycles. The maximum absolute atomic E-state index is 11.8. The van der Waals surface area contributed by atoms with Gasteiger partial charge in [0.25, 0.3) is 0 Å². The Morgan fingerprint density at radius 3 is 2.30 bits per heavy atom. The summed E-state index contributed by atoms with van der Waals surface area (Å²) in [5.74, 6) is -0.471. The van der Waals surface area contributed by atoms with Crippen LogP contribution in [-0.2, 0) is 4.79 Å². The van der Waals surface area contributed by atoms with Gasteiger partial charge in [0.05, 0.1) is 0 Å². The highest BCUT2D eigenvalue weighted by Gasteiger charge is 2.25. The largest absolute Gasteiger partial charge is 0.481 e. The first-order valence-electron chi connectivity index (χ1n) is 7.39. The van der Waals surface area contributed by atoms with E-state index in [9.17, 15) is 9.59 Å². The molecule has 2 amide bonds. The second kappa shape index (κ2) is 8.82. The van der Waals surface area contributed by atoms with Crippen LogP contribution in [0.2, 0.25) is 0 Å². The second-order valence-corrected chi connectivity index (χ2v) is 6.44. The van der Waals surface area contributed by atoms with Crippen molar-refractivity contribution in [3.63, 3.8) is 0 Å². The normalized spacial score (nSPS) is 12.8. The third-order valence-corrected chi connectivity index (χ3v) is 3.61. The summed E-state index contributed by atoms with van der Waals surface area (Å²) in [6.45, 7) is 9.72. The van der Waals surface area contributed by atoms with E-state index in [1.807, 2.05) is 6.92 Å². The lowest BCUT2D eigenvalue weighted by molar-refractivity contribution is -0.137. The van der Waals surface area contributed by atoms with Crippen LogP contribution >= 0.6 is 0 Å². The number of aliphatic carboxylic acids is 1. The summed E-state index contributed by atoms with van der Waals surface area (Å²) in [5.41, 5.74) is 0.0511. The number of carboxylic acid groups (broad SMARTS) is 1. The van der Waals surface area contributed by atoms with Crippen molar-refractivity contribution < 1.29 is 14.7 Å². The van der Waals surface area contributed by atoms with Gasteiger partial charge >= 0.3 is 12.0 Å². The highest BCUT2D eigenvalue weighted by atomic mass is 16.4. The number of hydrogen-bond donors (Lipinski definition) is 2. The van der Waals surface area contributed by atoms with Gasteiger partial charge < -0.3 is 15.3 Å². The van der Waals surface area contributed by atoms with Crippen LogP contribution in [0, 0.1) is 11.3 Å². The molecule has 0 aliphatic heterocycles. The van der Waals surface area contributed by atoms with E-state index < -0.39 is 5.97 Å². The van der Waals surface area contributed by atoms with Crippen LogP contribution in [0.25, 0.3) is 0 Å². The Labute approximate surface area is 122 Å². The highest BCUT2D eigenvalue weighted by Crippen LogP contribution is 2.32. The fourth-order valence-corrected chi connectivity index (χ4v) is 2.23. The van der Waals surface area contributed by atoms with Crippen LogP contribution in [0.15, 0.2) is 0 Å². The zero-order valence-corrected chi connectivity index (χ0v) is 13.5. The Bertz CT molecular complexity index is 311. The van der Waals surface area contributed by atoms with Gasteiger partial charge in [-0.25, -0.2) is 4.79 Å². The number of urea groups is 1. The molecular weight excluding hydrogens is 256 g/mol. The van der Waals surface area contributed by atoms with Gasteiger partial charge in [-0.05, 0) is 30.6 Å². The number of amides is 2. The summed E-state index contributed by atoms with van der Waals surface area (Å²) < 4.78 is 0. The van der Waals surface area contributed by atoms with E-state index in [1.54, 1.807) is 11.9 Å². The molecule has 0 rings (SSSR count). The molecule has 1 unspecified atom stereocenters. The Kier molecular flexibility index (Phi) is 8.26. The quantitative estimate of drug-likeness (QED) is 0.720. The minimum absolute atomic E-state index is 0.0511. The zero-order valence-electron chi connectivity index (χ0n) is 13.5. The molecule has 118 valence electrons. The lowest BCUT2D eigenvalue weighted by Gasteiger charge is -2.31. The van der Waals surface area contributed by atoms with Crippen LogP contribution in [0.3, 0.4) is 0 Å². The monoisotopic (exact) mass is 286 g/mol. The SMILES string of the molecule is CCCN(C)C(=O)NCCC(CCC(=O)O)C(C)(C)C. The summed E-state index contributed by atoms with van der Waals surface area (Å²) >= 11 is 0. The maximum atomic E-state index is 11.8. The van der Waals surface area contributed by atoms with Crippen molar-refractivity contribution in [2.45, 2.75) is 53.4 Å². The lowest BCUT2D eigenvalue weighted by Crippen LogP contribution is -2.39. The minimum atomic E-state index is -0.758. The molecule has 0 heterocycles. The van der Waals surface area contributed by atoms with Crippen molar-refractivity contribution in [1.29, 1.82) is 0 Å². The van der Waals surface area contributed by atoms with Gasteiger partial charge in [-0.2, -0.15) is 0 Å². The molecule has 1 atom stereocenters. The second-order valence-electron chi connectivity index (χ2n) is 6.44. The Morgan fingerprint density at radius 1 is 1.25 bits per heavy atom. The van der Waals surface area contributed by atoms with Gasteiger partial charge in [0.2, 0.25) is 0 Å². The average Bonchev–Trinajstić information content (AvgIpc) is 2.31. The van der Waals surface area contributed by atoms with Crippen LogP contribution in [0.5, 0.6) is 0 Å². The molecule has 0 saturated carbocycles. The van der Waals surface area contributed by atoms with Gasteiger partial charge in [0, 0.05) is 26.6 Å². The molecule has 2 N–H and O–H groups in total. The number of carboxylic acids is 1. The molecule has 0 fully saturated rings. The van der Waals surface area contributed by atoms with E-state index >= 15 is 0 Å². The molecular formula is C15H30N2O3. The zero-order chi connectivity index (χ0) is 15.8. The highest BCUT2D eigenvalue weighted by molar-refractivity contribution is 5.73. The Hall–Kier alpha value is -1.26. The van der Waals surface area contributed by atoms with E-state index in [0.717, 1.165) is 19.4 Å². The van der Waals surface area contributed by atoms with Crippen LogP contribution in [0.1, 0.15) is 53.4 Å². The first kappa shape index (κ1) is 18.7. The van der Waals surface area contributed by atoms with Crippen molar-refractivity contribution in [2.24, 2.45) is 11.3 Å². The fraction of sp³-hybridized carbons (Fsp3) is 0.867. The molecule has 5 nitrogen and oxygen atoms in total. The van der Waals surface area contributed by atoms with E-state index in [1.165, 1.54) is 0 Å². The predicted molar refractivity (Wildman–Crippen MR) is 80.8 cm³/mol. The smallest absolute Gasteiger partial charge is 0.317 e. The molecule has 5 heteroatoms. The number of nitrogens with zero attached hydrogens (tertiary/aromatic N) is 1. The average molecular weight is 286 g/mol. The summed E-state index contributed by atoms with van der Waals surface area (Å²) in [6, 6.07) is -0.0576. The van der Waals surface area contributed by atoms with Crippen molar-refractivity contribution in [3.8, 4) is 0 Å². The molecule has 0 aromatic heterocycles. The molecule has 0 aromatic carbocycles. The molecule has 0 bridgehead atoms. The number of carbonyl (C=O) groups is 2. The number of carbonyl (C=O) groups excluding carboxylic acids is 1. The summed E-state index contributed by atoms with van der Waals surface area (Å²) in [5, 5.41) is 11.7. The maximum Gasteiger partial charge on any atom is 0.317 e. The number of rotatable bonds is 8. The molecule has 0 aliphatic rings. The molecule has 0 spiro atoms. The van der Waals surface area contributed by atoms with Gasteiger partial charge in [0.15, 0.2) is 0 Å². The first-order valence-corrected chi connectivity index (χ1v) is 7.39. The first-order chi connectivity index (χ1) is 9.18. The van der Waals surface area contributed by atoms with Gasteiger partial charge in [-0.1, -0.05) is 27.7 Å². The molecule has 0 aromatic rings. The van der Waals surface area contributed by atoms with Crippen molar-refractivity contribution in [2.75, 3.05) is 20.1 Å². The van der Waals surface area contributed by atoms with Gasteiger partial charge in [0.1, 0.15) is 0 Å². The molecule has 0 radical (unpaired) electrons. The van der Waals surface area contributed by atoms with Crippen LogP contribution in [0.4, 0.5) is 4.79 Å². The minimum Gasteiger partial charge on any atom is -0.481 e. The molecule has 20 heavy (non-hydrogen) atoms. The van der Waals surface area contributed by atoms with Gasteiger partial charge in [-0.15, -0.1) is 0 Å². The third kappa shape index (κ3) is 8.02. The summed E-state index contributed by atoms with van der Waals surface area (Å²) in [4.78, 5) is 24.1. The number of nitrogens with one attached hydrogen (secondary N) is 1. The van der Waals surface area contributed by atoms with E-state index in [4.69, 9.17) is 5.11 Å². The van der Waals surface area contributed by atoms with E-state index in [0.29, 0.717) is 13.0 Å². The topological polar surface area (TPSA) is 69.6 Å². The van der Waals surface area contributed by atoms with Crippen molar-refractivity contribution >= 4 is 12.0 Å². The summed E-state index contributed by atoms with van der Waals surface area (Å²) in [6.07, 6.45) is 2.58. The lowest BCUT2D eigenvalue weighted by atomic mass is 9.76. The fourth-order valence-electron chi connectivity index (χ4n) is 2.23.